The van der Waals surface area contributed by atoms with Crippen LogP contribution in [-0.4, -0.2) is 11.2 Å². The van der Waals surface area contributed by atoms with Gasteiger partial charge in [0.25, 0.3) is 0 Å². The molecule has 82 valence electrons. The van der Waals surface area contributed by atoms with Crippen LogP contribution in [0.4, 0.5) is 5.82 Å². The normalized spacial score (nSPS) is 10.9. The van der Waals surface area contributed by atoms with Crippen molar-refractivity contribution in [3.8, 4) is 0 Å². The molecular weight excluding hydrogens is 249 g/mol. The number of pyridine rings is 1. The van der Waals surface area contributed by atoms with E-state index in [4.69, 9.17) is 27.6 Å². The van der Waals surface area contributed by atoms with Gasteiger partial charge in [-0.05, 0) is 18.2 Å². The molecule has 2 rings (SSSR count). The second kappa shape index (κ2) is 5.01. The summed E-state index contributed by atoms with van der Waals surface area (Å²) in [6.07, 6.45) is 4.57. The van der Waals surface area contributed by atoms with Crippen LogP contribution in [0, 0.1) is 0 Å². The number of halogens is 2. The highest BCUT2D eigenvalue weighted by molar-refractivity contribution is 6.35. The molecule has 0 spiro atoms. The third kappa shape index (κ3) is 2.74. The maximum absolute atomic E-state index is 5.88. The summed E-state index contributed by atoms with van der Waals surface area (Å²) in [5.41, 5.74) is 2.69. The quantitative estimate of drug-likeness (QED) is 0.676. The van der Waals surface area contributed by atoms with Crippen molar-refractivity contribution in [1.29, 1.82) is 0 Å². The smallest absolute Gasteiger partial charge is 0.165 e. The van der Waals surface area contributed by atoms with E-state index in [-0.39, 0.29) is 0 Å². The van der Waals surface area contributed by atoms with Gasteiger partial charge in [0.2, 0.25) is 0 Å². The number of furan rings is 1. The fraction of sp³-hybridized carbons (Fsp3) is 0. The largest absolute Gasteiger partial charge is 0.463 e. The van der Waals surface area contributed by atoms with Crippen LogP contribution in [0.5, 0.6) is 0 Å². The Hall–Kier alpha value is -1.52. The zero-order chi connectivity index (χ0) is 11.4. The SMILES string of the molecule is Clc1cnc(N/N=C/c2ccco2)c(Cl)c1. The maximum Gasteiger partial charge on any atom is 0.165 e. The van der Waals surface area contributed by atoms with E-state index in [0.29, 0.717) is 21.6 Å². The summed E-state index contributed by atoms with van der Waals surface area (Å²) in [7, 11) is 0. The summed E-state index contributed by atoms with van der Waals surface area (Å²) in [5, 5.41) is 4.80. The van der Waals surface area contributed by atoms with Gasteiger partial charge in [-0.1, -0.05) is 23.2 Å². The van der Waals surface area contributed by atoms with Gasteiger partial charge in [-0.15, -0.1) is 0 Å². The van der Waals surface area contributed by atoms with Gasteiger partial charge in [-0.2, -0.15) is 5.10 Å². The van der Waals surface area contributed by atoms with Crippen LogP contribution in [0.3, 0.4) is 0 Å². The zero-order valence-corrected chi connectivity index (χ0v) is 9.53. The molecule has 0 fully saturated rings. The van der Waals surface area contributed by atoms with Crippen LogP contribution in [-0.2, 0) is 0 Å². The topological polar surface area (TPSA) is 50.4 Å². The van der Waals surface area contributed by atoms with E-state index in [9.17, 15) is 0 Å². The summed E-state index contributed by atoms with van der Waals surface area (Å²) in [5.74, 6) is 1.08. The molecule has 0 radical (unpaired) electrons. The second-order valence-corrected chi connectivity index (χ2v) is 3.71. The van der Waals surface area contributed by atoms with Crippen molar-refractivity contribution in [2.24, 2.45) is 5.10 Å². The van der Waals surface area contributed by atoms with Crippen molar-refractivity contribution in [2.45, 2.75) is 0 Å². The molecule has 2 aromatic heterocycles. The first-order valence-electron chi connectivity index (χ1n) is 4.39. The molecule has 0 bridgehead atoms. The first-order valence-corrected chi connectivity index (χ1v) is 5.15. The van der Waals surface area contributed by atoms with Crippen LogP contribution in [0.25, 0.3) is 0 Å². The van der Waals surface area contributed by atoms with Crippen LogP contribution in [0.15, 0.2) is 40.2 Å². The zero-order valence-electron chi connectivity index (χ0n) is 8.02. The standard InChI is InChI=1S/C10H7Cl2N3O/c11-7-4-9(12)10(13-5-7)15-14-6-8-2-1-3-16-8/h1-6H,(H,13,15)/b14-6+. The van der Waals surface area contributed by atoms with E-state index in [2.05, 4.69) is 15.5 Å². The average molecular weight is 256 g/mol. The predicted molar refractivity (Wildman–Crippen MR) is 64.2 cm³/mol. The summed E-state index contributed by atoms with van der Waals surface area (Å²) in [4.78, 5) is 3.98. The number of nitrogens with one attached hydrogen (secondary N) is 1. The van der Waals surface area contributed by atoms with E-state index in [1.165, 1.54) is 12.4 Å². The predicted octanol–water partition coefficient (Wildman–Crippen LogP) is 3.43. The van der Waals surface area contributed by atoms with Gasteiger partial charge >= 0.3 is 0 Å². The summed E-state index contributed by atoms with van der Waals surface area (Å²) >= 11 is 11.6. The third-order valence-corrected chi connectivity index (χ3v) is 2.21. The van der Waals surface area contributed by atoms with Crippen LogP contribution in [0.2, 0.25) is 10.0 Å². The van der Waals surface area contributed by atoms with Crippen molar-refractivity contribution in [3.05, 3.63) is 46.5 Å². The monoisotopic (exact) mass is 255 g/mol. The Bertz CT molecular complexity index is 497. The molecule has 0 saturated heterocycles. The van der Waals surface area contributed by atoms with Gasteiger partial charge in [-0.3, -0.25) is 5.43 Å². The molecule has 4 nitrogen and oxygen atoms in total. The van der Waals surface area contributed by atoms with Crippen molar-refractivity contribution in [3.63, 3.8) is 0 Å². The minimum Gasteiger partial charge on any atom is -0.463 e. The van der Waals surface area contributed by atoms with Crippen molar-refractivity contribution in [2.75, 3.05) is 5.43 Å². The number of aromatic nitrogens is 1. The highest BCUT2D eigenvalue weighted by atomic mass is 35.5. The third-order valence-electron chi connectivity index (χ3n) is 1.71. The number of hydrogen-bond donors (Lipinski definition) is 1. The first-order chi connectivity index (χ1) is 7.75. The molecule has 0 aromatic carbocycles. The molecule has 6 heteroatoms. The summed E-state index contributed by atoms with van der Waals surface area (Å²) in [6.45, 7) is 0. The molecule has 2 aromatic rings. The Labute approximate surface area is 102 Å². The lowest BCUT2D eigenvalue weighted by atomic mass is 10.4. The van der Waals surface area contributed by atoms with Crippen molar-refractivity contribution in [1.82, 2.24) is 4.98 Å². The van der Waals surface area contributed by atoms with Crippen LogP contribution in [0.1, 0.15) is 5.76 Å². The van der Waals surface area contributed by atoms with Crippen LogP contribution < -0.4 is 5.43 Å². The van der Waals surface area contributed by atoms with E-state index >= 15 is 0 Å². The molecule has 1 N–H and O–H groups in total. The molecule has 16 heavy (non-hydrogen) atoms. The van der Waals surface area contributed by atoms with Gasteiger partial charge in [0.05, 0.1) is 22.5 Å². The lowest BCUT2D eigenvalue weighted by molar-refractivity contribution is 0.560. The fourth-order valence-electron chi connectivity index (χ4n) is 1.02. The van der Waals surface area contributed by atoms with E-state index < -0.39 is 0 Å². The molecule has 0 unspecified atom stereocenters. The summed E-state index contributed by atoms with van der Waals surface area (Å²) in [6, 6.07) is 5.14. The van der Waals surface area contributed by atoms with Gasteiger partial charge in [0.15, 0.2) is 5.82 Å². The van der Waals surface area contributed by atoms with Gasteiger partial charge in [0, 0.05) is 6.20 Å². The summed E-state index contributed by atoms with van der Waals surface area (Å²) < 4.78 is 5.06. The number of hydrogen-bond acceptors (Lipinski definition) is 4. The molecule has 0 atom stereocenters. The van der Waals surface area contributed by atoms with Crippen molar-refractivity contribution >= 4 is 35.2 Å². The number of hydrazone groups is 1. The molecule has 2 heterocycles. The lowest BCUT2D eigenvalue weighted by Crippen LogP contribution is -1.93. The minimum absolute atomic E-state index is 0.407. The highest BCUT2D eigenvalue weighted by Gasteiger charge is 2.00. The minimum atomic E-state index is 0.407. The van der Waals surface area contributed by atoms with Gasteiger partial charge in [-0.25, -0.2) is 4.98 Å². The molecule has 0 saturated carbocycles. The Morgan fingerprint density at radius 3 is 3.00 bits per heavy atom. The van der Waals surface area contributed by atoms with E-state index in [1.807, 2.05) is 0 Å². The van der Waals surface area contributed by atoms with E-state index in [1.54, 1.807) is 24.5 Å². The number of nitrogens with zero attached hydrogens (tertiary/aromatic N) is 2. The Morgan fingerprint density at radius 2 is 2.31 bits per heavy atom. The highest BCUT2D eigenvalue weighted by Crippen LogP contribution is 2.22. The Morgan fingerprint density at radius 1 is 1.44 bits per heavy atom. The average Bonchev–Trinajstić information content (AvgIpc) is 2.74. The van der Waals surface area contributed by atoms with Crippen LogP contribution >= 0.6 is 23.2 Å². The second-order valence-electron chi connectivity index (χ2n) is 2.87. The molecule has 0 aliphatic rings. The lowest BCUT2D eigenvalue weighted by Gasteiger charge is -2.01. The van der Waals surface area contributed by atoms with Gasteiger partial charge in [0.1, 0.15) is 5.76 Å². The van der Waals surface area contributed by atoms with Gasteiger partial charge < -0.3 is 4.42 Å². The molecule has 0 aliphatic carbocycles. The number of rotatable bonds is 3. The fourth-order valence-corrected chi connectivity index (χ4v) is 1.44. The first kappa shape index (κ1) is 11.0. The maximum atomic E-state index is 5.88. The molecule has 0 aliphatic heterocycles. The van der Waals surface area contributed by atoms with E-state index in [0.717, 1.165) is 0 Å². The number of anilines is 1. The Balaban J connectivity index is 2.05. The Kier molecular flexibility index (Phi) is 3.44. The molecular formula is C10H7Cl2N3O. The van der Waals surface area contributed by atoms with Crippen molar-refractivity contribution < 1.29 is 4.42 Å². The molecule has 0 amide bonds.